The summed E-state index contributed by atoms with van der Waals surface area (Å²) in [6.07, 6.45) is 12.8. The Kier molecular flexibility index (Phi) is 11.4. The van der Waals surface area contributed by atoms with Crippen LogP contribution in [-0.4, -0.2) is 78.8 Å². The molecule has 37 heavy (non-hydrogen) atoms. The van der Waals surface area contributed by atoms with E-state index in [4.69, 9.17) is 9.47 Å². The predicted molar refractivity (Wildman–Crippen MR) is 147 cm³/mol. The Morgan fingerprint density at radius 3 is 2.62 bits per heavy atom. The number of carbonyl (C=O) groups excluding carboxylic acids is 1. The number of aliphatic hydroxyl groups is 1. The molecule has 2 N–H and O–H groups in total. The highest BCUT2D eigenvalue weighted by Gasteiger charge is 2.31. The molecule has 208 valence electrons. The van der Waals surface area contributed by atoms with Crippen LogP contribution in [0, 0.1) is 0 Å². The number of amides is 1. The smallest absolute Gasteiger partial charge is 0.220 e. The molecule has 0 saturated carbocycles. The first-order valence-electron chi connectivity index (χ1n) is 15.0. The summed E-state index contributed by atoms with van der Waals surface area (Å²) in [5.74, 6) is 1.43. The molecule has 3 aliphatic heterocycles. The fourth-order valence-electron chi connectivity index (χ4n) is 6.14. The van der Waals surface area contributed by atoms with Gasteiger partial charge in [-0.25, -0.2) is 0 Å². The fourth-order valence-corrected chi connectivity index (χ4v) is 6.14. The van der Waals surface area contributed by atoms with Crippen molar-refractivity contribution < 1.29 is 19.4 Å². The van der Waals surface area contributed by atoms with E-state index in [2.05, 4.69) is 22.0 Å². The molecule has 4 rings (SSSR count). The van der Waals surface area contributed by atoms with Crippen molar-refractivity contribution in [2.75, 3.05) is 45.9 Å². The average molecular weight is 516 g/mol. The number of carbonyl (C=O) groups is 1. The van der Waals surface area contributed by atoms with E-state index in [9.17, 15) is 9.90 Å². The summed E-state index contributed by atoms with van der Waals surface area (Å²) in [6, 6.07) is 5.82. The van der Waals surface area contributed by atoms with Gasteiger partial charge < -0.3 is 24.8 Å². The van der Waals surface area contributed by atoms with Gasteiger partial charge in [-0.1, -0.05) is 38.7 Å². The van der Waals surface area contributed by atoms with Gasteiger partial charge in [0.05, 0.1) is 6.04 Å². The second kappa shape index (κ2) is 14.9. The van der Waals surface area contributed by atoms with Gasteiger partial charge in [0.2, 0.25) is 5.91 Å². The first kappa shape index (κ1) is 28.2. The average Bonchev–Trinajstić information content (AvgIpc) is 3.60. The van der Waals surface area contributed by atoms with Gasteiger partial charge in [0.1, 0.15) is 19.3 Å². The van der Waals surface area contributed by atoms with Crippen LogP contribution in [0.3, 0.4) is 0 Å². The summed E-state index contributed by atoms with van der Waals surface area (Å²) >= 11 is 0. The van der Waals surface area contributed by atoms with Crippen LogP contribution < -0.4 is 14.8 Å². The maximum absolute atomic E-state index is 12.9. The summed E-state index contributed by atoms with van der Waals surface area (Å²) in [5, 5.41) is 14.7. The topological polar surface area (TPSA) is 74.3 Å². The minimum atomic E-state index is -0.800. The summed E-state index contributed by atoms with van der Waals surface area (Å²) in [5.41, 5.74) is 0.766. The van der Waals surface area contributed by atoms with Crippen LogP contribution in [0.25, 0.3) is 0 Å². The molecule has 2 saturated heterocycles. The molecular formula is C30H49N3O4. The Hall–Kier alpha value is -1.83. The standard InChI is InChI=1S/C30H49N3O4/c1-2-3-4-5-6-13-29(34)31-26(30(35)24-14-15-27-28(22-24)37-21-20-36-27)23-33-19-10-12-25(33)11-9-18-32-16-7-8-17-32/h14-15,22,25-26,30,35H,2-13,16-21,23H2,1H3,(H,31,34)/t25?,26-,30-/m1/s1. The summed E-state index contributed by atoms with van der Waals surface area (Å²) < 4.78 is 11.4. The van der Waals surface area contributed by atoms with E-state index in [0.717, 1.165) is 24.9 Å². The molecule has 3 atom stereocenters. The molecule has 2 fully saturated rings. The molecule has 3 heterocycles. The number of likely N-dealkylation sites (tertiary alicyclic amines) is 2. The Morgan fingerprint density at radius 2 is 1.81 bits per heavy atom. The number of hydrogen-bond donors (Lipinski definition) is 2. The first-order chi connectivity index (χ1) is 18.1. The van der Waals surface area contributed by atoms with E-state index in [1.165, 1.54) is 77.4 Å². The molecule has 1 unspecified atom stereocenters. The van der Waals surface area contributed by atoms with Gasteiger partial charge in [-0.05, 0) is 88.8 Å². The Bertz CT molecular complexity index is 829. The van der Waals surface area contributed by atoms with Gasteiger partial charge in [0, 0.05) is 19.0 Å². The molecule has 3 aliphatic rings. The van der Waals surface area contributed by atoms with Gasteiger partial charge in [-0.2, -0.15) is 0 Å². The van der Waals surface area contributed by atoms with Gasteiger partial charge in [-0.15, -0.1) is 0 Å². The maximum atomic E-state index is 12.9. The van der Waals surface area contributed by atoms with Crippen LogP contribution in [-0.2, 0) is 4.79 Å². The largest absolute Gasteiger partial charge is 0.486 e. The van der Waals surface area contributed by atoms with Gasteiger partial charge in [0.25, 0.3) is 0 Å². The maximum Gasteiger partial charge on any atom is 0.220 e. The van der Waals surface area contributed by atoms with Crippen molar-refractivity contribution in [3.63, 3.8) is 0 Å². The van der Waals surface area contributed by atoms with Crippen molar-refractivity contribution in [2.45, 2.75) is 102 Å². The van der Waals surface area contributed by atoms with Crippen molar-refractivity contribution in [2.24, 2.45) is 0 Å². The van der Waals surface area contributed by atoms with Crippen LogP contribution in [0.1, 0.15) is 95.6 Å². The number of rotatable bonds is 15. The van der Waals surface area contributed by atoms with E-state index < -0.39 is 6.10 Å². The molecule has 0 radical (unpaired) electrons. The normalized spacial score (nSPS) is 21.7. The second-order valence-electron chi connectivity index (χ2n) is 11.2. The zero-order chi connectivity index (χ0) is 25.9. The van der Waals surface area contributed by atoms with Crippen molar-refractivity contribution in [3.8, 4) is 11.5 Å². The van der Waals surface area contributed by atoms with Crippen molar-refractivity contribution in [1.82, 2.24) is 15.1 Å². The zero-order valence-electron chi connectivity index (χ0n) is 23.0. The fraction of sp³-hybridized carbons (Fsp3) is 0.767. The number of aliphatic hydroxyl groups excluding tert-OH is 1. The number of ether oxygens (including phenoxy) is 2. The highest BCUT2D eigenvalue weighted by Crippen LogP contribution is 2.34. The van der Waals surface area contributed by atoms with Crippen molar-refractivity contribution in [1.29, 1.82) is 0 Å². The lowest BCUT2D eigenvalue weighted by atomic mass is 9.99. The van der Waals surface area contributed by atoms with Crippen molar-refractivity contribution >= 4 is 5.91 Å². The van der Waals surface area contributed by atoms with Gasteiger partial charge in [-0.3, -0.25) is 9.69 Å². The summed E-state index contributed by atoms with van der Waals surface area (Å²) in [6.45, 7) is 8.66. The Morgan fingerprint density at radius 1 is 1.03 bits per heavy atom. The van der Waals surface area contributed by atoms with Crippen molar-refractivity contribution in [3.05, 3.63) is 23.8 Å². The molecular weight excluding hydrogens is 466 g/mol. The van der Waals surface area contributed by atoms with E-state index in [1.807, 2.05) is 18.2 Å². The molecule has 7 heteroatoms. The van der Waals surface area contributed by atoms with Gasteiger partial charge in [0.15, 0.2) is 11.5 Å². The van der Waals surface area contributed by atoms with Crippen LogP contribution in [0.2, 0.25) is 0 Å². The summed E-state index contributed by atoms with van der Waals surface area (Å²) in [7, 11) is 0. The number of hydrogen-bond acceptors (Lipinski definition) is 6. The van der Waals surface area contributed by atoms with Crippen LogP contribution in [0.5, 0.6) is 11.5 Å². The molecule has 7 nitrogen and oxygen atoms in total. The van der Waals surface area contributed by atoms with Gasteiger partial charge >= 0.3 is 0 Å². The zero-order valence-corrected chi connectivity index (χ0v) is 23.0. The van der Waals surface area contributed by atoms with Crippen LogP contribution in [0.4, 0.5) is 0 Å². The van der Waals surface area contributed by atoms with Crippen LogP contribution in [0.15, 0.2) is 18.2 Å². The molecule has 0 aromatic heterocycles. The molecule has 0 aliphatic carbocycles. The lowest BCUT2D eigenvalue weighted by molar-refractivity contribution is -0.123. The number of benzene rings is 1. The minimum absolute atomic E-state index is 0.0443. The van der Waals surface area contributed by atoms with E-state index in [-0.39, 0.29) is 11.9 Å². The number of fused-ring (bicyclic) bond motifs is 1. The van der Waals surface area contributed by atoms with Crippen LogP contribution >= 0.6 is 0 Å². The molecule has 1 aromatic rings. The Balaban J connectivity index is 1.37. The third-order valence-electron chi connectivity index (χ3n) is 8.28. The quantitative estimate of drug-likeness (QED) is 0.331. The Labute approximate surface area is 223 Å². The molecule has 1 amide bonds. The monoisotopic (exact) mass is 515 g/mol. The molecule has 1 aromatic carbocycles. The number of nitrogens with one attached hydrogen (secondary N) is 1. The minimum Gasteiger partial charge on any atom is -0.486 e. The predicted octanol–water partition coefficient (Wildman–Crippen LogP) is 4.68. The lowest BCUT2D eigenvalue weighted by Crippen LogP contribution is -2.48. The SMILES string of the molecule is CCCCCCCC(=O)N[C@H](CN1CCCC1CCCN1CCCC1)[C@H](O)c1ccc2c(c1)OCCO2. The van der Waals surface area contributed by atoms with E-state index >= 15 is 0 Å². The number of nitrogens with zero attached hydrogens (tertiary/aromatic N) is 2. The molecule has 0 bridgehead atoms. The lowest BCUT2D eigenvalue weighted by Gasteiger charge is -2.33. The first-order valence-corrected chi connectivity index (χ1v) is 15.0. The highest BCUT2D eigenvalue weighted by atomic mass is 16.6. The van der Waals surface area contributed by atoms with E-state index in [0.29, 0.717) is 43.7 Å². The third-order valence-corrected chi connectivity index (χ3v) is 8.28. The summed E-state index contributed by atoms with van der Waals surface area (Å²) in [4.78, 5) is 18.0. The highest BCUT2D eigenvalue weighted by molar-refractivity contribution is 5.76. The van der Waals surface area contributed by atoms with E-state index in [1.54, 1.807) is 0 Å². The molecule has 0 spiro atoms. The number of unbranched alkanes of at least 4 members (excludes halogenated alkanes) is 4. The third kappa shape index (κ3) is 8.59. The second-order valence-corrected chi connectivity index (χ2v) is 11.2.